The average Bonchev–Trinajstić information content (AvgIpc) is 2.25. The number of aliphatic imine (C=N–C) groups is 1. The third-order valence-corrected chi connectivity index (χ3v) is 1.75. The molecule has 1 aromatic heterocycles. The van der Waals surface area contributed by atoms with Crippen LogP contribution in [0, 0.1) is 6.92 Å². The average molecular weight is 199 g/mol. The Balaban J connectivity index is 3.60. The van der Waals surface area contributed by atoms with E-state index < -0.39 is 5.95 Å². The molecular weight excluding hydrogens is 188 g/mol. The van der Waals surface area contributed by atoms with E-state index in [2.05, 4.69) is 11.6 Å². The second-order valence-electron chi connectivity index (χ2n) is 2.99. The van der Waals surface area contributed by atoms with Crippen molar-refractivity contribution in [2.24, 2.45) is 10.7 Å². The van der Waals surface area contributed by atoms with Crippen molar-refractivity contribution in [3.05, 3.63) is 22.3 Å². The summed E-state index contributed by atoms with van der Waals surface area (Å²) in [5.74, 6) is -0.939. The van der Waals surface area contributed by atoms with Gasteiger partial charge in [0.05, 0.1) is 5.84 Å². The molecule has 5 heteroatoms. The molecule has 0 unspecified atom stereocenters. The van der Waals surface area contributed by atoms with Crippen molar-refractivity contribution in [1.29, 1.82) is 0 Å². The maximum absolute atomic E-state index is 13.3. The molecule has 0 bridgehead atoms. The zero-order valence-corrected chi connectivity index (χ0v) is 8.01. The smallest absolute Gasteiger partial charge is 0.241 e. The quantitative estimate of drug-likeness (QED) is 0.396. The van der Waals surface area contributed by atoms with Gasteiger partial charge in [0.1, 0.15) is 5.35 Å². The van der Waals surface area contributed by atoms with E-state index >= 15 is 0 Å². The summed E-state index contributed by atoms with van der Waals surface area (Å²) < 4.78 is 26.3. The summed E-state index contributed by atoms with van der Waals surface area (Å²) >= 11 is 0. The molecule has 0 saturated carbocycles. The Hall–Kier alpha value is -1.65. The van der Waals surface area contributed by atoms with Gasteiger partial charge in [0, 0.05) is 11.4 Å². The van der Waals surface area contributed by atoms with Crippen LogP contribution in [0.2, 0.25) is 0 Å². The number of hydrogen-bond acceptors (Lipinski definition) is 1. The van der Waals surface area contributed by atoms with Gasteiger partial charge in [-0.1, -0.05) is 11.1 Å². The van der Waals surface area contributed by atoms with Gasteiger partial charge in [-0.2, -0.15) is 9.18 Å². The predicted octanol–water partition coefficient (Wildman–Crippen LogP) is 0.352. The van der Waals surface area contributed by atoms with Gasteiger partial charge in [0.15, 0.2) is 0 Å². The van der Waals surface area contributed by atoms with Gasteiger partial charge >= 0.3 is 0 Å². The number of rotatable bonds is 1. The van der Waals surface area contributed by atoms with Gasteiger partial charge in [-0.3, -0.25) is 0 Å². The Morgan fingerprint density at radius 1 is 1.64 bits per heavy atom. The van der Waals surface area contributed by atoms with Crippen LogP contribution in [0.5, 0.6) is 0 Å². The molecule has 3 nitrogen and oxygen atoms in total. The highest BCUT2D eigenvalue weighted by atomic mass is 19.2. The minimum atomic E-state index is -0.967. The summed E-state index contributed by atoms with van der Waals surface area (Å²) in [6.07, 6.45) is 1.14. The molecule has 0 saturated heterocycles. The minimum Gasteiger partial charge on any atom is -0.387 e. The molecule has 0 aliphatic heterocycles. The van der Waals surface area contributed by atoms with E-state index in [0.717, 1.165) is 6.20 Å². The van der Waals surface area contributed by atoms with Gasteiger partial charge in [0.2, 0.25) is 5.95 Å². The van der Waals surface area contributed by atoms with Crippen LogP contribution in [0.3, 0.4) is 0 Å². The summed E-state index contributed by atoms with van der Waals surface area (Å²) in [7, 11) is 0. The lowest BCUT2D eigenvalue weighted by molar-refractivity contribution is 0.355. The highest BCUT2D eigenvalue weighted by molar-refractivity contribution is 5.80. The molecular formula is C9H11F2N3. The Morgan fingerprint density at radius 2 is 2.21 bits per heavy atom. The molecule has 14 heavy (non-hydrogen) atoms. The largest absolute Gasteiger partial charge is 0.387 e. The van der Waals surface area contributed by atoms with Crippen LogP contribution in [0.25, 0.3) is 12.5 Å². The molecule has 0 fully saturated rings. The SMILES string of the molecule is C=c1c(C)cn(F)/c1=C(F)/N=C(\C)N. The first-order chi connectivity index (χ1) is 6.43. The van der Waals surface area contributed by atoms with Crippen molar-refractivity contribution in [2.75, 3.05) is 0 Å². The van der Waals surface area contributed by atoms with Crippen molar-refractivity contribution in [1.82, 2.24) is 4.79 Å². The molecule has 1 aromatic rings. The van der Waals surface area contributed by atoms with Crippen molar-refractivity contribution in [3.8, 4) is 0 Å². The number of hydrogen-bond donors (Lipinski definition) is 1. The number of nitrogens with zero attached hydrogens (tertiary/aromatic N) is 2. The van der Waals surface area contributed by atoms with E-state index in [-0.39, 0.29) is 21.2 Å². The van der Waals surface area contributed by atoms with Crippen LogP contribution in [-0.4, -0.2) is 10.6 Å². The number of nitrogens with two attached hydrogens (primary N) is 1. The highest BCUT2D eigenvalue weighted by Gasteiger charge is 2.04. The first kappa shape index (κ1) is 10.4. The van der Waals surface area contributed by atoms with Gasteiger partial charge < -0.3 is 5.73 Å². The number of aromatic nitrogens is 1. The van der Waals surface area contributed by atoms with Crippen LogP contribution in [0.15, 0.2) is 11.2 Å². The van der Waals surface area contributed by atoms with E-state index in [1.807, 2.05) is 0 Å². The Kier molecular flexibility index (Phi) is 2.69. The zero-order valence-electron chi connectivity index (χ0n) is 8.01. The molecule has 0 aliphatic carbocycles. The summed E-state index contributed by atoms with van der Waals surface area (Å²) in [5.41, 5.74) is 5.73. The van der Waals surface area contributed by atoms with Crippen molar-refractivity contribution in [2.45, 2.75) is 13.8 Å². The lowest BCUT2D eigenvalue weighted by Crippen LogP contribution is -2.28. The normalized spacial score (nSPS) is 14.4. The second-order valence-corrected chi connectivity index (χ2v) is 2.99. The fraction of sp³-hybridized carbons (Fsp3) is 0.222. The fourth-order valence-corrected chi connectivity index (χ4v) is 1.05. The Labute approximate surface area is 79.8 Å². The molecule has 2 N–H and O–H groups in total. The van der Waals surface area contributed by atoms with Crippen LogP contribution >= 0.6 is 0 Å². The summed E-state index contributed by atoms with van der Waals surface area (Å²) in [6, 6.07) is 0. The third kappa shape index (κ3) is 1.81. The van der Waals surface area contributed by atoms with E-state index in [0.29, 0.717) is 5.56 Å². The minimum absolute atomic E-state index is 0.0285. The van der Waals surface area contributed by atoms with Crippen molar-refractivity contribution >= 4 is 18.4 Å². The first-order valence-corrected chi connectivity index (χ1v) is 3.97. The molecule has 1 heterocycles. The fourth-order valence-electron chi connectivity index (χ4n) is 1.05. The molecule has 0 aromatic carbocycles. The van der Waals surface area contributed by atoms with Gasteiger partial charge in [-0.25, -0.2) is 4.99 Å². The topological polar surface area (TPSA) is 43.3 Å². The summed E-state index contributed by atoms with van der Waals surface area (Å²) in [5, 5.41) is -0.0118. The summed E-state index contributed by atoms with van der Waals surface area (Å²) in [6.45, 7) is 6.59. The monoisotopic (exact) mass is 199 g/mol. The number of amidine groups is 1. The standard InChI is InChI=1S/C9H11F2N3/c1-5-4-14(11)8(6(5)2)9(10)13-7(3)12/h4H,2H2,1,3H3,(H2,12,13)/b9-8+. The highest BCUT2D eigenvalue weighted by Crippen LogP contribution is 1.97. The number of aryl methyl sites for hydroxylation is 1. The van der Waals surface area contributed by atoms with E-state index in [4.69, 9.17) is 5.73 Å². The molecule has 0 atom stereocenters. The molecule has 0 radical (unpaired) electrons. The summed E-state index contributed by atoms with van der Waals surface area (Å²) in [4.78, 5) is 3.48. The number of halogens is 2. The van der Waals surface area contributed by atoms with Gasteiger partial charge in [-0.15, -0.1) is 0 Å². The first-order valence-electron chi connectivity index (χ1n) is 3.97. The van der Waals surface area contributed by atoms with Crippen LogP contribution < -0.4 is 16.3 Å². The van der Waals surface area contributed by atoms with E-state index in [1.54, 1.807) is 6.92 Å². The van der Waals surface area contributed by atoms with Crippen LogP contribution in [0.1, 0.15) is 12.5 Å². The Morgan fingerprint density at radius 3 is 2.57 bits per heavy atom. The van der Waals surface area contributed by atoms with Crippen molar-refractivity contribution < 1.29 is 8.87 Å². The predicted molar refractivity (Wildman–Crippen MR) is 52.3 cm³/mol. The van der Waals surface area contributed by atoms with Gasteiger partial charge in [0.25, 0.3) is 0 Å². The molecule has 76 valence electrons. The van der Waals surface area contributed by atoms with Crippen LogP contribution in [-0.2, 0) is 0 Å². The second kappa shape index (κ2) is 3.61. The lowest BCUT2D eigenvalue weighted by atomic mass is 10.3. The van der Waals surface area contributed by atoms with Crippen molar-refractivity contribution in [3.63, 3.8) is 0 Å². The van der Waals surface area contributed by atoms with E-state index in [1.165, 1.54) is 6.92 Å². The molecule has 1 rings (SSSR count). The zero-order chi connectivity index (χ0) is 10.9. The van der Waals surface area contributed by atoms with Crippen LogP contribution in [0.4, 0.5) is 8.87 Å². The van der Waals surface area contributed by atoms with Gasteiger partial charge in [-0.05, 0) is 19.4 Å². The Bertz CT molecular complexity index is 481. The molecule has 0 aliphatic rings. The maximum atomic E-state index is 13.3. The molecule has 0 spiro atoms. The molecule has 0 amide bonds. The third-order valence-electron chi connectivity index (χ3n) is 1.75. The lowest BCUT2D eigenvalue weighted by Gasteiger charge is -1.90. The van der Waals surface area contributed by atoms with E-state index in [9.17, 15) is 8.87 Å². The maximum Gasteiger partial charge on any atom is 0.241 e.